The maximum Gasteiger partial charge on any atom is 0.213 e. The molecule has 0 bridgehead atoms. The van der Waals surface area contributed by atoms with Crippen LogP contribution in [0.4, 0.5) is 0 Å². The number of aromatic nitrogens is 1. The van der Waals surface area contributed by atoms with Crippen molar-refractivity contribution in [1.82, 2.24) is 4.98 Å². The predicted octanol–water partition coefficient (Wildman–Crippen LogP) is 1.30. The van der Waals surface area contributed by atoms with E-state index in [2.05, 4.69) is 4.98 Å². The van der Waals surface area contributed by atoms with E-state index in [0.717, 1.165) is 30.9 Å². The lowest BCUT2D eigenvalue weighted by molar-refractivity contribution is 0.165. The number of hydrogen-bond acceptors (Lipinski definition) is 4. The number of hydrogen-bond donors (Lipinski definition) is 1. The Morgan fingerprint density at radius 1 is 1.56 bits per heavy atom. The number of ether oxygens (including phenoxy) is 2. The maximum atomic E-state index is 9.01. The highest BCUT2D eigenvalue weighted by atomic mass is 16.5. The summed E-state index contributed by atoms with van der Waals surface area (Å²) in [7, 11) is 0. The molecule has 1 saturated heterocycles. The molecule has 1 aliphatic rings. The van der Waals surface area contributed by atoms with Crippen LogP contribution in [0, 0.1) is 12.8 Å². The van der Waals surface area contributed by atoms with E-state index in [4.69, 9.17) is 14.6 Å². The first-order valence-electron chi connectivity index (χ1n) is 5.57. The highest BCUT2D eigenvalue weighted by Gasteiger charge is 2.16. The summed E-state index contributed by atoms with van der Waals surface area (Å²) in [6, 6.07) is 3.65. The minimum Gasteiger partial charge on any atom is -0.477 e. The highest BCUT2D eigenvalue weighted by molar-refractivity contribution is 5.24. The smallest absolute Gasteiger partial charge is 0.213 e. The maximum absolute atomic E-state index is 9.01. The van der Waals surface area contributed by atoms with Crippen molar-refractivity contribution in [3.63, 3.8) is 0 Å². The average molecular weight is 223 g/mol. The van der Waals surface area contributed by atoms with Gasteiger partial charge in [-0.15, -0.1) is 0 Å². The Morgan fingerprint density at radius 3 is 3.06 bits per heavy atom. The molecule has 0 amide bonds. The molecule has 0 saturated carbocycles. The number of nitrogens with zero attached hydrogens (tertiary/aromatic N) is 1. The molecule has 0 spiro atoms. The monoisotopic (exact) mass is 223 g/mol. The molecule has 16 heavy (non-hydrogen) atoms. The Bertz CT molecular complexity index is 348. The summed E-state index contributed by atoms with van der Waals surface area (Å²) >= 11 is 0. The number of aryl methyl sites for hydroxylation is 1. The lowest BCUT2D eigenvalue weighted by Crippen LogP contribution is -2.12. The highest BCUT2D eigenvalue weighted by Crippen LogP contribution is 2.16. The summed E-state index contributed by atoms with van der Waals surface area (Å²) in [5, 5.41) is 9.01. The minimum atomic E-state index is 0.0234. The number of aliphatic hydroxyl groups excluding tert-OH is 1. The van der Waals surface area contributed by atoms with Crippen LogP contribution in [0.1, 0.15) is 17.7 Å². The van der Waals surface area contributed by atoms with Crippen LogP contribution in [0.3, 0.4) is 0 Å². The van der Waals surface area contributed by atoms with Gasteiger partial charge in [0.1, 0.15) is 0 Å². The van der Waals surface area contributed by atoms with Gasteiger partial charge >= 0.3 is 0 Å². The van der Waals surface area contributed by atoms with Crippen LogP contribution in [0.2, 0.25) is 0 Å². The lowest BCUT2D eigenvalue weighted by Gasteiger charge is -2.10. The van der Waals surface area contributed by atoms with Gasteiger partial charge in [-0.2, -0.15) is 0 Å². The molecule has 1 unspecified atom stereocenters. The van der Waals surface area contributed by atoms with E-state index in [9.17, 15) is 0 Å². The summed E-state index contributed by atoms with van der Waals surface area (Å²) in [5.41, 5.74) is 1.67. The second-order valence-electron chi connectivity index (χ2n) is 4.09. The van der Waals surface area contributed by atoms with Crippen molar-refractivity contribution in [3.8, 4) is 5.88 Å². The van der Waals surface area contributed by atoms with Crippen molar-refractivity contribution >= 4 is 0 Å². The molecular weight excluding hydrogens is 206 g/mol. The molecule has 0 aliphatic carbocycles. The third-order valence-corrected chi connectivity index (χ3v) is 2.83. The Morgan fingerprint density at radius 2 is 2.44 bits per heavy atom. The van der Waals surface area contributed by atoms with E-state index in [1.54, 1.807) is 6.07 Å². The SMILES string of the molecule is Cc1nc(OCC2CCOC2)ccc1CO. The van der Waals surface area contributed by atoms with Gasteiger partial charge < -0.3 is 14.6 Å². The molecule has 0 radical (unpaired) electrons. The molecule has 1 aliphatic heterocycles. The van der Waals surface area contributed by atoms with Crippen molar-refractivity contribution in [3.05, 3.63) is 23.4 Å². The standard InChI is InChI=1S/C12H17NO3/c1-9-11(6-14)2-3-12(13-9)16-8-10-4-5-15-7-10/h2-3,10,14H,4-8H2,1H3. The van der Waals surface area contributed by atoms with Gasteiger partial charge in [0.25, 0.3) is 0 Å². The average Bonchev–Trinajstić information content (AvgIpc) is 2.79. The van der Waals surface area contributed by atoms with Crippen molar-refractivity contribution < 1.29 is 14.6 Å². The Kier molecular flexibility index (Phi) is 3.74. The quantitative estimate of drug-likeness (QED) is 0.835. The van der Waals surface area contributed by atoms with Crippen LogP contribution in [0.5, 0.6) is 5.88 Å². The molecule has 1 N–H and O–H groups in total. The fourth-order valence-corrected chi connectivity index (χ4v) is 1.73. The third-order valence-electron chi connectivity index (χ3n) is 2.83. The molecule has 1 aromatic rings. The van der Waals surface area contributed by atoms with Gasteiger partial charge in [0, 0.05) is 24.3 Å². The fourth-order valence-electron chi connectivity index (χ4n) is 1.73. The molecule has 1 atom stereocenters. The molecule has 2 rings (SSSR count). The Labute approximate surface area is 95.2 Å². The van der Waals surface area contributed by atoms with E-state index in [-0.39, 0.29) is 6.61 Å². The molecular formula is C12H17NO3. The van der Waals surface area contributed by atoms with Gasteiger partial charge in [-0.25, -0.2) is 4.98 Å². The zero-order chi connectivity index (χ0) is 11.4. The van der Waals surface area contributed by atoms with Gasteiger partial charge in [0.2, 0.25) is 5.88 Å². The summed E-state index contributed by atoms with van der Waals surface area (Å²) in [6.07, 6.45) is 1.06. The van der Waals surface area contributed by atoms with E-state index in [0.29, 0.717) is 18.4 Å². The summed E-state index contributed by atoms with van der Waals surface area (Å²) in [6.45, 7) is 4.18. The van der Waals surface area contributed by atoms with Crippen molar-refractivity contribution in [2.75, 3.05) is 19.8 Å². The number of aliphatic hydroxyl groups is 1. The van der Waals surface area contributed by atoms with Crippen LogP contribution in [0.25, 0.3) is 0 Å². The van der Waals surface area contributed by atoms with E-state index < -0.39 is 0 Å². The molecule has 0 aromatic carbocycles. The van der Waals surface area contributed by atoms with Crippen molar-refractivity contribution in [2.45, 2.75) is 20.0 Å². The van der Waals surface area contributed by atoms with Crippen molar-refractivity contribution in [2.24, 2.45) is 5.92 Å². The fraction of sp³-hybridized carbons (Fsp3) is 0.583. The first-order chi connectivity index (χ1) is 7.79. The van der Waals surface area contributed by atoms with Crippen LogP contribution in [0.15, 0.2) is 12.1 Å². The number of rotatable bonds is 4. The summed E-state index contributed by atoms with van der Waals surface area (Å²) in [4.78, 5) is 4.28. The van der Waals surface area contributed by atoms with E-state index >= 15 is 0 Å². The van der Waals surface area contributed by atoms with Crippen molar-refractivity contribution in [1.29, 1.82) is 0 Å². The molecule has 4 heteroatoms. The zero-order valence-electron chi connectivity index (χ0n) is 9.48. The molecule has 88 valence electrons. The molecule has 1 aromatic heterocycles. The predicted molar refractivity (Wildman–Crippen MR) is 59.3 cm³/mol. The van der Waals surface area contributed by atoms with Crippen LogP contribution < -0.4 is 4.74 Å². The largest absolute Gasteiger partial charge is 0.477 e. The topological polar surface area (TPSA) is 51.6 Å². The lowest BCUT2D eigenvalue weighted by atomic mass is 10.1. The van der Waals surface area contributed by atoms with E-state index in [1.165, 1.54) is 0 Å². The molecule has 4 nitrogen and oxygen atoms in total. The number of pyridine rings is 1. The molecule has 2 heterocycles. The second-order valence-corrected chi connectivity index (χ2v) is 4.09. The van der Waals surface area contributed by atoms with Gasteiger partial charge in [0.05, 0.1) is 19.8 Å². The van der Waals surface area contributed by atoms with Gasteiger partial charge in [-0.3, -0.25) is 0 Å². The Hall–Kier alpha value is -1.13. The minimum absolute atomic E-state index is 0.0234. The van der Waals surface area contributed by atoms with Gasteiger partial charge in [0.15, 0.2) is 0 Å². The third kappa shape index (κ3) is 2.71. The molecule has 1 fully saturated rings. The van der Waals surface area contributed by atoms with Crippen LogP contribution in [-0.4, -0.2) is 29.9 Å². The second kappa shape index (κ2) is 5.27. The zero-order valence-corrected chi connectivity index (χ0v) is 9.48. The Balaban J connectivity index is 1.91. The first kappa shape index (κ1) is 11.4. The first-order valence-corrected chi connectivity index (χ1v) is 5.57. The summed E-state index contributed by atoms with van der Waals surface area (Å²) < 4.78 is 10.9. The normalized spacial score (nSPS) is 20.0. The van der Waals surface area contributed by atoms with Gasteiger partial charge in [-0.1, -0.05) is 0 Å². The summed E-state index contributed by atoms with van der Waals surface area (Å²) in [5.74, 6) is 1.11. The van der Waals surface area contributed by atoms with Crippen LogP contribution in [-0.2, 0) is 11.3 Å². The van der Waals surface area contributed by atoms with E-state index in [1.807, 2.05) is 13.0 Å². The van der Waals surface area contributed by atoms with Crippen LogP contribution >= 0.6 is 0 Å². The van der Waals surface area contributed by atoms with Gasteiger partial charge in [-0.05, 0) is 25.0 Å².